The maximum atomic E-state index is 6.01. The molecule has 5 nitrogen and oxygen atoms in total. The number of rotatable bonds is 6. The first kappa shape index (κ1) is 15.6. The second kappa shape index (κ2) is 7.88. The number of para-hydroxylation sites is 1. The standard InChI is InChI=1S/C16H26N4O/c1-3-20(4-2)11-10-18-16(17)19-14-9-12-21-15-8-6-5-7-13(14)15/h5-8,14H,3-4,9-12H2,1-2H3,(H3,17,18,19). The fourth-order valence-corrected chi connectivity index (χ4v) is 2.57. The minimum Gasteiger partial charge on any atom is -0.493 e. The Morgan fingerprint density at radius 3 is 2.90 bits per heavy atom. The van der Waals surface area contributed by atoms with Crippen LogP contribution in [0.25, 0.3) is 0 Å². The molecule has 1 heterocycles. The Labute approximate surface area is 127 Å². The molecule has 0 saturated carbocycles. The molecule has 0 bridgehead atoms. The van der Waals surface area contributed by atoms with Gasteiger partial charge in [0.1, 0.15) is 5.75 Å². The van der Waals surface area contributed by atoms with Crippen molar-refractivity contribution in [3.05, 3.63) is 29.8 Å². The lowest BCUT2D eigenvalue weighted by atomic mass is 10.0. The van der Waals surface area contributed by atoms with Gasteiger partial charge in [0.25, 0.3) is 0 Å². The topological polar surface area (TPSA) is 62.9 Å². The van der Waals surface area contributed by atoms with Crippen molar-refractivity contribution in [3.8, 4) is 5.75 Å². The van der Waals surface area contributed by atoms with E-state index in [4.69, 9.17) is 10.5 Å². The number of benzene rings is 1. The first-order valence-corrected chi connectivity index (χ1v) is 7.75. The summed E-state index contributed by atoms with van der Waals surface area (Å²) >= 11 is 0. The molecule has 1 aliphatic heterocycles. The highest BCUT2D eigenvalue weighted by atomic mass is 16.5. The van der Waals surface area contributed by atoms with Crippen LogP contribution in [-0.2, 0) is 0 Å². The zero-order chi connectivity index (χ0) is 15.1. The number of nitrogens with zero attached hydrogens (tertiary/aromatic N) is 2. The van der Waals surface area contributed by atoms with Crippen molar-refractivity contribution in [2.45, 2.75) is 26.3 Å². The van der Waals surface area contributed by atoms with Crippen molar-refractivity contribution < 1.29 is 4.74 Å². The second-order valence-electron chi connectivity index (χ2n) is 5.17. The first-order chi connectivity index (χ1) is 10.2. The molecule has 1 atom stereocenters. The second-order valence-corrected chi connectivity index (χ2v) is 5.17. The molecule has 2 rings (SSSR count). The Bertz CT molecular complexity index is 471. The molecule has 116 valence electrons. The molecular weight excluding hydrogens is 264 g/mol. The number of aliphatic imine (C=N–C) groups is 1. The molecule has 3 N–H and O–H groups in total. The Morgan fingerprint density at radius 1 is 1.38 bits per heavy atom. The van der Waals surface area contributed by atoms with Gasteiger partial charge in [-0.05, 0) is 19.2 Å². The van der Waals surface area contributed by atoms with E-state index in [1.165, 1.54) is 0 Å². The number of ether oxygens (including phenoxy) is 1. The molecule has 0 spiro atoms. The van der Waals surface area contributed by atoms with E-state index < -0.39 is 0 Å². The van der Waals surface area contributed by atoms with Crippen LogP contribution in [0.1, 0.15) is 31.9 Å². The lowest BCUT2D eigenvalue weighted by Crippen LogP contribution is -2.38. The highest BCUT2D eigenvalue weighted by Crippen LogP contribution is 2.31. The third kappa shape index (κ3) is 4.36. The van der Waals surface area contributed by atoms with Crippen LogP contribution in [0.3, 0.4) is 0 Å². The normalized spacial score (nSPS) is 18.2. The van der Waals surface area contributed by atoms with Gasteiger partial charge in [-0.25, -0.2) is 0 Å². The Morgan fingerprint density at radius 2 is 2.14 bits per heavy atom. The smallest absolute Gasteiger partial charge is 0.189 e. The minimum atomic E-state index is 0.187. The van der Waals surface area contributed by atoms with Gasteiger partial charge < -0.3 is 20.7 Å². The zero-order valence-electron chi connectivity index (χ0n) is 13.0. The number of nitrogens with two attached hydrogens (primary N) is 1. The van der Waals surface area contributed by atoms with Crippen LogP contribution >= 0.6 is 0 Å². The van der Waals surface area contributed by atoms with Crippen LogP contribution < -0.4 is 15.8 Å². The largest absolute Gasteiger partial charge is 0.493 e. The Kier molecular flexibility index (Phi) is 5.87. The molecule has 5 heteroatoms. The predicted octanol–water partition coefficient (Wildman–Crippen LogP) is 1.76. The number of fused-ring (bicyclic) bond motifs is 1. The van der Waals surface area contributed by atoms with Gasteiger partial charge in [0.15, 0.2) is 5.96 Å². The van der Waals surface area contributed by atoms with Crippen LogP contribution in [0.15, 0.2) is 29.3 Å². The highest BCUT2D eigenvalue weighted by molar-refractivity contribution is 5.78. The van der Waals surface area contributed by atoms with E-state index in [0.717, 1.165) is 43.9 Å². The van der Waals surface area contributed by atoms with E-state index in [2.05, 4.69) is 35.1 Å². The number of nitrogens with one attached hydrogen (secondary N) is 1. The van der Waals surface area contributed by atoms with Crippen molar-refractivity contribution in [2.24, 2.45) is 10.7 Å². The van der Waals surface area contributed by atoms with Crippen LogP contribution in [-0.4, -0.2) is 43.6 Å². The van der Waals surface area contributed by atoms with Crippen molar-refractivity contribution in [1.82, 2.24) is 10.2 Å². The quantitative estimate of drug-likeness (QED) is 0.619. The first-order valence-electron chi connectivity index (χ1n) is 7.75. The maximum absolute atomic E-state index is 6.01. The molecule has 21 heavy (non-hydrogen) atoms. The SMILES string of the molecule is CCN(CC)CCN=C(N)NC1CCOc2ccccc21. The van der Waals surface area contributed by atoms with Crippen LogP contribution in [0.5, 0.6) is 5.75 Å². The summed E-state index contributed by atoms with van der Waals surface area (Å²) in [5.74, 6) is 1.46. The van der Waals surface area contributed by atoms with Crippen LogP contribution in [0, 0.1) is 0 Å². The van der Waals surface area contributed by atoms with Gasteiger partial charge in [-0.2, -0.15) is 0 Å². The van der Waals surface area contributed by atoms with E-state index in [1.807, 2.05) is 18.2 Å². The monoisotopic (exact) mass is 290 g/mol. The minimum absolute atomic E-state index is 0.187. The van der Waals surface area contributed by atoms with E-state index in [1.54, 1.807) is 0 Å². The predicted molar refractivity (Wildman–Crippen MR) is 86.7 cm³/mol. The summed E-state index contributed by atoms with van der Waals surface area (Å²) < 4.78 is 5.65. The molecule has 1 aliphatic rings. The summed E-state index contributed by atoms with van der Waals surface area (Å²) in [5, 5.41) is 3.31. The van der Waals surface area contributed by atoms with Gasteiger partial charge in [0, 0.05) is 18.5 Å². The van der Waals surface area contributed by atoms with Gasteiger partial charge >= 0.3 is 0 Å². The summed E-state index contributed by atoms with van der Waals surface area (Å²) in [5.41, 5.74) is 7.17. The van der Waals surface area contributed by atoms with Crippen molar-refractivity contribution in [2.75, 3.05) is 32.8 Å². The van der Waals surface area contributed by atoms with Gasteiger partial charge in [0.2, 0.25) is 0 Å². The molecule has 0 amide bonds. The molecule has 0 saturated heterocycles. The lowest BCUT2D eigenvalue weighted by Gasteiger charge is -2.27. The molecular formula is C16H26N4O. The van der Waals surface area contributed by atoms with Gasteiger partial charge in [-0.15, -0.1) is 0 Å². The summed E-state index contributed by atoms with van der Waals surface area (Å²) in [7, 11) is 0. The van der Waals surface area contributed by atoms with Crippen molar-refractivity contribution in [1.29, 1.82) is 0 Å². The molecule has 1 aromatic carbocycles. The average molecular weight is 290 g/mol. The molecule has 1 aromatic rings. The van der Waals surface area contributed by atoms with Crippen molar-refractivity contribution >= 4 is 5.96 Å². The maximum Gasteiger partial charge on any atom is 0.189 e. The number of guanidine groups is 1. The number of hydrogen-bond donors (Lipinski definition) is 2. The fourth-order valence-electron chi connectivity index (χ4n) is 2.57. The van der Waals surface area contributed by atoms with E-state index in [0.29, 0.717) is 12.6 Å². The fraction of sp³-hybridized carbons (Fsp3) is 0.562. The molecule has 0 radical (unpaired) electrons. The Hall–Kier alpha value is -1.75. The lowest BCUT2D eigenvalue weighted by molar-refractivity contribution is 0.262. The number of likely N-dealkylation sites (N-methyl/N-ethyl adjacent to an activating group) is 1. The van der Waals surface area contributed by atoms with Gasteiger partial charge in [-0.3, -0.25) is 4.99 Å². The highest BCUT2D eigenvalue weighted by Gasteiger charge is 2.21. The molecule has 0 aromatic heterocycles. The number of hydrogen-bond acceptors (Lipinski definition) is 3. The van der Waals surface area contributed by atoms with Gasteiger partial charge in [-0.1, -0.05) is 32.0 Å². The average Bonchev–Trinajstić information content (AvgIpc) is 2.52. The molecule has 1 unspecified atom stereocenters. The zero-order valence-corrected chi connectivity index (χ0v) is 13.0. The molecule has 0 aliphatic carbocycles. The third-order valence-corrected chi connectivity index (χ3v) is 3.87. The third-order valence-electron chi connectivity index (χ3n) is 3.87. The summed E-state index contributed by atoms with van der Waals surface area (Å²) in [6.07, 6.45) is 0.906. The van der Waals surface area contributed by atoms with Crippen LogP contribution in [0.2, 0.25) is 0 Å². The summed E-state index contributed by atoms with van der Waals surface area (Å²) in [6, 6.07) is 8.28. The van der Waals surface area contributed by atoms with Crippen molar-refractivity contribution in [3.63, 3.8) is 0 Å². The Balaban J connectivity index is 1.90. The molecule has 0 fully saturated rings. The summed E-state index contributed by atoms with van der Waals surface area (Å²) in [4.78, 5) is 6.76. The van der Waals surface area contributed by atoms with E-state index >= 15 is 0 Å². The van der Waals surface area contributed by atoms with E-state index in [-0.39, 0.29) is 6.04 Å². The van der Waals surface area contributed by atoms with E-state index in [9.17, 15) is 0 Å². The van der Waals surface area contributed by atoms with Gasteiger partial charge in [0.05, 0.1) is 19.2 Å². The van der Waals surface area contributed by atoms with Crippen LogP contribution in [0.4, 0.5) is 0 Å². The summed E-state index contributed by atoms with van der Waals surface area (Å²) in [6.45, 7) is 8.80.